The third-order valence-electron chi connectivity index (χ3n) is 7.26. The fraction of sp³-hybridized carbons (Fsp3) is 0.560. The molecule has 170 valence electrons. The van der Waals surface area contributed by atoms with Crippen molar-refractivity contribution in [2.24, 2.45) is 0 Å². The minimum absolute atomic E-state index is 0.0884. The summed E-state index contributed by atoms with van der Waals surface area (Å²) < 4.78 is 0. The third-order valence-corrected chi connectivity index (χ3v) is 8.30. The van der Waals surface area contributed by atoms with Gasteiger partial charge >= 0.3 is 0 Å². The van der Waals surface area contributed by atoms with Gasteiger partial charge in [0.1, 0.15) is 9.88 Å². The summed E-state index contributed by atoms with van der Waals surface area (Å²) in [6, 6.07) is 8.70. The lowest BCUT2D eigenvalue weighted by molar-refractivity contribution is 0.0696. The first-order chi connectivity index (χ1) is 15.6. The first kappa shape index (κ1) is 21.6. The van der Waals surface area contributed by atoms with Crippen molar-refractivity contribution in [2.45, 2.75) is 57.5 Å². The van der Waals surface area contributed by atoms with E-state index < -0.39 is 0 Å². The lowest BCUT2D eigenvalue weighted by Gasteiger charge is -2.30. The molecule has 4 heterocycles. The van der Waals surface area contributed by atoms with E-state index in [0.29, 0.717) is 17.0 Å². The molecular formula is C25H32N4O2S. The van der Waals surface area contributed by atoms with Crippen molar-refractivity contribution in [3.8, 4) is 10.6 Å². The van der Waals surface area contributed by atoms with Crippen molar-refractivity contribution in [3.05, 3.63) is 40.9 Å². The van der Waals surface area contributed by atoms with E-state index >= 15 is 0 Å². The number of likely N-dealkylation sites (tertiary alicyclic amines) is 3. The minimum Gasteiger partial charge on any atom is -0.338 e. The Kier molecular flexibility index (Phi) is 6.28. The number of benzene rings is 1. The summed E-state index contributed by atoms with van der Waals surface area (Å²) in [5.41, 5.74) is 1.69. The van der Waals surface area contributed by atoms with Crippen molar-refractivity contribution in [1.82, 2.24) is 19.7 Å². The Labute approximate surface area is 194 Å². The molecule has 0 N–H and O–H groups in total. The quantitative estimate of drug-likeness (QED) is 0.684. The first-order valence-corrected chi connectivity index (χ1v) is 12.8. The van der Waals surface area contributed by atoms with E-state index in [1.807, 2.05) is 29.2 Å². The van der Waals surface area contributed by atoms with Gasteiger partial charge in [-0.3, -0.25) is 14.5 Å². The van der Waals surface area contributed by atoms with Gasteiger partial charge in [-0.25, -0.2) is 4.98 Å². The highest BCUT2D eigenvalue weighted by molar-refractivity contribution is 7.16. The maximum Gasteiger partial charge on any atom is 0.265 e. The van der Waals surface area contributed by atoms with Crippen LogP contribution in [0.4, 0.5) is 0 Å². The molecule has 3 aliphatic heterocycles. The second-order valence-corrected chi connectivity index (χ2v) is 10.4. The van der Waals surface area contributed by atoms with E-state index in [4.69, 9.17) is 0 Å². The number of amides is 2. The van der Waals surface area contributed by atoms with Crippen LogP contribution in [0.1, 0.15) is 65.5 Å². The lowest BCUT2D eigenvalue weighted by Crippen LogP contribution is -2.44. The molecular weight excluding hydrogens is 420 g/mol. The molecule has 0 radical (unpaired) electrons. The zero-order valence-corrected chi connectivity index (χ0v) is 19.6. The largest absolute Gasteiger partial charge is 0.338 e. The Morgan fingerprint density at radius 3 is 2.44 bits per heavy atom. The fourth-order valence-corrected chi connectivity index (χ4v) is 6.22. The Morgan fingerprint density at radius 2 is 1.72 bits per heavy atom. The van der Waals surface area contributed by atoms with Gasteiger partial charge in [-0.15, -0.1) is 11.3 Å². The van der Waals surface area contributed by atoms with E-state index in [-0.39, 0.29) is 11.8 Å². The van der Waals surface area contributed by atoms with Gasteiger partial charge in [0, 0.05) is 49.4 Å². The average molecular weight is 453 g/mol. The van der Waals surface area contributed by atoms with E-state index in [0.717, 1.165) is 74.5 Å². The van der Waals surface area contributed by atoms with Crippen molar-refractivity contribution in [2.75, 3.05) is 32.7 Å². The van der Waals surface area contributed by atoms with Crippen molar-refractivity contribution >= 4 is 23.2 Å². The molecule has 0 aliphatic carbocycles. The molecule has 2 aromatic rings. The highest BCUT2D eigenvalue weighted by Gasteiger charge is 2.33. The van der Waals surface area contributed by atoms with Gasteiger partial charge in [0.2, 0.25) is 0 Å². The van der Waals surface area contributed by atoms with Gasteiger partial charge in [-0.05, 0) is 64.1 Å². The molecule has 2 amide bonds. The van der Waals surface area contributed by atoms with E-state index in [2.05, 4.69) is 21.7 Å². The summed E-state index contributed by atoms with van der Waals surface area (Å²) in [6.07, 6.45) is 8.58. The van der Waals surface area contributed by atoms with Crippen LogP contribution in [0.15, 0.2) is 30.5 Å². The monoisotopic (exact) mass is 452 g/mol. The van der Waals surface area contributed by atoms with Gasteiger partial charge < -0.3 is 9.80 Å². The molecule has 0 saturated carbocycles. The summed E-state index contributed by atoms with van der Waals surface area (Å²) in [5, 5.41) is 0.827. The molecule has 0 spiro atoms. The van der Waals surface area contributed by atoms with Crippen LogP contribution < -0.4 is 0 Å². The number of hydrogen-bond acceptors (Lipinski definition) is 5. The van der Waals surface area contributed by atoms with E-state index in [1.165, 1.54) is 24.2 Å². The third kappa shape index (κ3) is 4.33. The van der Waals surface area contributed by atoms with Gasteiger partial charge in [0.05, 0.1) is 6.20 Å². The molecule has 1 unspecified atom stereocenters. The van der Waals surface area contributed by atoms with Crippen LogP contribution in [0.2, 0.25) is 0 Å². The van der Waals surface area contributed by atoms with Crippen molar-refractivity contribution < 1.29 is 9.59 Å². The standard InChI is InChI=1S/C25H32N4O2S/c1-18-6-4-14-28(18)17-21-7-5-15-29(21)24(30)20-10-8-19(9-11-20)23-26-16-22(32-23)25(31)27-12-2-3-13-27/h8-11,16,18,21H,2-7,12-15,17H2,1H3/t18-,21?/m0/s1. The molecule has 6 nitrogen and oxygen atoms in total. The fourth-order valence-electron chi connectivity index (χ4n) is 5.33. The number of carbonyl (C=O) groups excluding carboxylic acids is 2. The smallest absolute Gasteiger partial charge is 0.265 e. The summed E-state index contributed by atoms with van der Waals surface area (Å²) in [6.45, 7) is 6.99. The molecule has 7 heteroatoms. The van der Waals surface area contributed by atoms with Crippen LogP contribution in [0.25, 0.3) is 10.6 Å². The summed E-state index contributed by atoms with van der Waals surface area (Å²) in [4.78, 5) is 37.6. The Hall–Kier alpha value is -2.25. The summed E-state index contributed by atoms with van der Waals surface area (Å²) in [5.74, 6) is 0.223. The predicted octanol–water partition coefficient (Wildman–Crippen LogP) is 4.14. The van der Waals surface area contributed by atoms with Gasteiger partial charge in [0.25, 0.3) is 11.8 Å². The number of rotatable bonds is 5. The molecule has 0 bridgehead atoms. The van der Waals surface area contributed by atoms with Crippen molar-refractivity contribution in [3.63, 3.8) is 0 Å². The molecule has 1 aromatic heterocycles. The molecule has 3 aliphatic rings. The predicted molar refractivity (Wildman–Crippen MR) is 127 cm³/mol. The second kappa shape index (κ2) is 9.32. The number of aromatic nitrogens is 1. The van der Waals surface area contributed by atoms with E-state index in [9.17, 15) is 9.59 Å². The Bertz CT molecular complexity index is 967. The van der Waals surface area contributed by atoms with Crippen LogP contribution in [0.5, 0.6) is 0 Å². The Balaban J connectivity index is 1.25. The lowest BCUT2D eigenvalue weighted by atomic mass is 10.1. The molecule has 2 atom stereocenters. The SMILES string of the molecule is C[C@H]1CCCN1CC1CCCN1C(=O)c1ccc(-c2ncc(C(=O)N3CCCC3)s2)cc1. The number of nitrogens with zero attached hydrogens (tertiary/aromatic N) is 4. The van der Waals surface area contributed by atoms with Crippen molar-refractivity contribution in [1.29, 1.82) is 0 Å². The number of carbonyl (C=O) groups is 2. The van der Waals surface area contributed by atoms with Crippen LogP contribution in [0.3, 0.4) is 0 Å². The summed E-state index contributed by atoms with van der Waals surface area (Å²) >= 11 is 1.44. The highest BCUT2D eigenvalue weighted by Crippen LogP contribution is 2.29. The maximum atomic E-state index is 13.2. The zero-order chi connectivity index (χ0) is 22.1. The molecule has 3 fully saturated rings. The number of thiazole rings is 1. The van der Waals surface area contributed by atoms with Crippen LogP contribution in [-0.4, -0.2) is 76.3 Å². The molecule has 5 rings (SSSR count). The molecule has 32 heavy (non-hydrogen) atoms. The minimum atomic E-state index is 0.0884. The average Bonchev–Trinajstić information content (AvgIpc) is 3.61. The maximum absolute atomic E-state index is 13.2. The summed E-state index contributed by atoms with van der Waals surface area (Å²) in [7, 11) is 0. The zero-order valence-electron chi connectivity index (χ0n) is 18.8. The van der Waals surface area contributed by atoms with E-state index in [1.54, 1.807) is 6.20 Å². The molecule has 3 saturated heterocycles. The van der Waals surface area contributed by atoms with Crippen LogP contribution >= 0.6 is 11.3 Å². The second-order valence-electron chi connectivity index (χ2n) is 9.39. The first-order valence-electron chi connectivity index (χ1n) is 12.0. The highest BCUT2D eigenvalue weighted by atomic mass is 32.1. The normalized spacial score (nSPS) is 23.9. The topological polar surface area (TPSA) is 56.8 Å². The van der Waals surface area contributed by atoms with Crippen LogP contribution in [-0.2, 0) is 0 Å². The van der Waals surface area contributed by atoms with Gasteiger partial charge in [-0.2, -0.15) is 0 Å². The van der Waals surface area contributed by atoms with Crippen LogP contribution in [0, 0.1) is 0 Å². The van der Waals surface area contributed by atoms with Gasteiger partial charge in [-0.1, -0.05) is 12.1 Å². The van der Waals surface area contributed by atoms with Gasteiger partial charge in [0.15, 0.2) is 0 Å². The Morgan fingerprint density at radius 1 is 0.969 bits per heavy atom. The number of hydrogen-bond donors (Lipinski definition) is 0. The molecule has 1 aromatic carbocycles.